The molecular formula is C29H24N4O4. The van der Waals surface area contributed by atoms with Gasteiger partial charge in [-0.2, -0.15) is 0 Å². The molecule has 0 bridgehead atoms. The van der Waals surface area contributed by atoms with Crippen LogP contribution < -0.4 is 11.1 Å². The van der Waals surface area contributed by atoms with Gasteiger partial charge in [0.2, 0.25) is 0 Å². The van der Waals surface area contributed by atoms with Gasteiger partial charge in [-0.25, -0.2) is 9.59 Å². The lowest BCUT2D eigenvalue weighted by molar-refractivity contribution is -0.130. The quantitative estimate of drug-likeness (QED) is 0.163. The van der Waals surface area contributed by atoms with E-state index in [0.29, 0.717) is 22.3 Å². The van der Waals surface area contributed by atoms with Crippen LogP contribution in [0.15, 0.2) is 91.0 Å². The number of methoxy groups -OCH3 is 1. The number of nitrogen functional groups attached to an aromatic ring is 1. The highest BCUT2D eigenvalue weighted by Crippen LogP contribution is 2.37. The van der Waals surface area contributed by atoms with E-state index in [9.17, 15) is 14.4 Å². The average Bonchev–Trinajstić information content (AvgIpc) is 3.18. The zero-order valence-electron chi connectivity index (χ0n) is 20.0. The van der Waals surface area contributed by atoms with E-state index in [4.69, 9.17) is 15.9 Å². The summed E-state index contributed by atoms with van der Waals surface area (Å²) in [7, 11) is 1.30. The SMILES string of the molecule is COC(=O)c1ccc(C2(c3ccccc3)NC(=O)N(Cc3ccc4ccc(C(=N)N)cc4c3)C2=O)cc1. The van der Waals surface area contributed by atoms with Crippen LogP contribution in [0, 0.1) is 5.41 Å². The zero-order valence-corrected chi connectivity index (χ0v) is 20.0. The first kappa shape index (κ1) is 23.7. The maximum Gasteiger partial charge on any atom is 0.337 e. The Balaban J connectivity index is 1.54. The van der Waals surface area contributed by atoms with E-state index in [1.165, 1.54) is 12.0 Å². The van der Waals surface area contributed by atoms with Gasteiger partial charge in [0, 0.05) is 5.56 Å². The van der Waals surface area contributed by atoms with Gasteiger partial charge in [0.05, 0.1) is 19.2 Å². The number of nitrogens with zero attached hydrogens (tertiary/aromatic N) is 1. The van der Waals surface area contributed by atoms with Crippen LogP contribution in [0.4, 0.5) is 4.79 Å². The molecule has 0 aliphatic carbocycles. The minimum absolute atomic E-state index is 0.0349. The third kappa shape index (κ3) is 4.08. The van der Waals surface area contributed by atoms with Gasteiger partial charge in [-0.05, 0) is 51.7 Å². The predicted molar refractivity (Wildman–Crippen MR) is 139 cm³/mol. The second kappa shape index (κ2) is 9.23. The number of ether oxygens (including phenoxy) is 1. The van der Waals surface area contributed by atoms with Crippen LogP contribution >= 0.6 is 0 Å². The van der Waals surface area contributed by atoms with Crippen molar-refractivity contribution < 1.29 is 19.1 Å². The molecule has 0 spiro atoms. The van der Waals surface area contributed by atoms with E-state index in [1.807, 2.05) is 36.4 Å². The molecule has 4 aromatic rings. The Hall–Kier alpha value is -4.98. The van der Waals surface area contributed by atoms with E-state index >= 15 is 0 Å². The van der Waals surface area contributed by atoms with Crippen molar-refractivity contribution in [2.75, 3.05) is 7.11 Å². The summed E-state index contributed by atoms with van der Waals surface area (Å²) in [5.74, 6) is -0.952. The number of amides is 3. The number of rotatable bonds is 6. The zero-order chi connectivity index (χ0) is 26.2. The van der Waals surface area contributed by atoms with Crippen molar-refractivity contribution >= 4 is 34.5 Å². The third-order valence-corrected chi connectivity index (χ3v) is 6.61. The lowest BCUT2D eigenvalue weighted by atomic mass is 9.82. The van der Waals surface area contributed by atoms with Crippen molar-refractivity contribution in [3.05, 3.63) is 119 Å². The number of nitrogens with one attached hydrogen (secondary N) is 2. The van der Waals surface area contributed by atoms with Crippen LogP contribution in [0.1, 0.15) is 32.6 Å². The van der Waals surface area contributed by atoms with E-state index in [-0.39, 0.29) is 12.4 Å². The van der Waals surface area contributed by atoms with Crippen molar-refractivity contribution in [1.82, 2.24) is 10.2 Å². The first-order valence-electron chi connectivity index (χ1n) is 11.6. The molecule has 1 atom stereocenters. The van der Waals surface area contributed by atoms with Crippen LogP contribution in [0.3, 0.4) is 0 Å². The van der Waals surface area contributed by atoms with Gasteiger partial charge in [-0.15, -0.1) is 0 Å². The van der Waals surface area contributed by atoms with Crippen LogP contribution in [0.25, 0.3) is 10.8 Å². The van der Waals surface area contributed by atoms with E-state index < -0.39 is 23.4 Å². The highest BCUT2D eigenvalue weighted by molar-refractivity contribution is 6.09. The predicted octanol–water partition coefficient (Wildman–Crippen LogP) is 3.91. The summed E-state index contributed by atoms with van der Waals surface area (Å²) in [4.78, 5) is 40.4. The van der Waals surface area contributed by atoms with Gasteiger partial charge < -0.3 is 15.8 Å². The molecule has 0 aromatic heterocycles. The normalized spacial score (nSPS) is 17.1. The molecule has 0 saturated carbocycles. The molecule has 8 nitrogen and oxygen atoms in total. The molecule has 8 heteroatoms. The standard InChI is InChI=1S/C29H24N4O4/c1-37-26(34)20-11-13-24(14-12-20)29(23-5-3-2-4-6-23)27(35)33(28(36)32-29)17-18-7-8-19-9-10-21(25(30)31)16-22(19)15-18/h2-16H,17H2,1H3,(H3,30,31)(H,32,36). The van der Waals surface area contributed by atoms with Crippen molar-refractivity contribution in [3.63, 3.8) is 0 Å². The largest absolute Gasteiger partial charge is 0.465 e. The van der Waals surface area contributed by atoms with Crippen molar-refractivity contribution in [1.29, 1.82) is 5.41 Å². The van der Waals surface area contributed by atoms with Crippen molar-refractivity contribution in [3.8, 4) is 0 Å². The number of carbonyl (C=O) groups excluding carboxylic acids is 3. The van der Waals surface area contributed by atoms with E-state index in [1.54, 1.807) is 54.6 Å². The fourth-order valence-electron chi connectivity index (χ4n) is 4.68. The number of hydrogen-bond acceptors (Lipinski definition) is 5. The lowest BCUT2D eigenvalue weighted by Crippen LogP contribution is -2.45. The Bertz CT molecular complexity index is 1550. The lowest BCUT2D eigenvalue weighted by Gasteiger charge is -2.28. The second-order valence-corrected chi connectivity index (χ2v) is 8.82. The molecule has 1 fully saturated rings. The molecular weight excluding hydrogens is 468 g/mol. The molecule has 3 amide bonds. The number of urea groups is 1. The van der Waals surface area contributed by atoms with Gasteiger partial charge in [0.25, 0.3) is 5.91 Å². The highest BCUT2D eigenvalue weighted by Gasteiger charge is 2.53. The van der Waals surface area contributed by atoms with Gasteiger partial charge in [0.1, 0.15) is 5.84 Å². The molecule has 1 saturated heterocycles. The number of esters is 1. The van der Waals surface area contributed by atoms with E-state index in [2.05, 4.69) is 5.32 Å². The molecule has 1 unspecified atom stereocenters. The fraction of sp³-hybridized carbons (Fsp3) is 0.103. The molecule has 1 aliphatic rings. The Kier molecular flexibility index (Phi) is 5.93. The summed E-state index contributed by atoms with van der Waals surface area (Å²) < 4.78 is 4.78. The van der Waals surface area contributed by atoms with Gasteiger partial charge in [0.15, 0.2) is 5.54 Å². The Morgan fingerprint density at radius 3 is 2.22 bits per heavy atom. The minimum Gasteiger partial charge on any atom is -0.465 e. The monoisotopic (exact) mass is 492 g/mol. The Morgan fingerprint density at radius 1 is 0.892 bits per heavy atom. The highest BCUT2D eigenvalue weighted by atomic mass is 16.5. The van der Waals surface area contributed by atoms with Crippen LogP contribution in [0.5, 0.6) is 0 Å². The Morgan fingerprint density at radius 2 is 1.54 bits per heavy atom. The van der Waals surface area contributed by atoms with Gasteiger partial charge in [-0.3, -0.25) is 15.1 Å². The van der Waals surface area contributed by atoms with Gasteiger partial charge >= 0.3 is 12.0 Å². The third-order valence-electron chi connectivity index (χ3n) is 6.61. The van der Waals surface area contributed by atoms with Crippen molar-refractivity contribution in [2.45, 2.75) is 12.1 Å². The maximum absolute atomic E-state index is 14.0. The smallest absolute Gasteiger partial charge is 0.337 e. The summed E-state index contributed by atoms with van der Waals surface area (Å²) in [6.45, 7) is 0.0553. The van der Waals surface area contributed by atoms with Gasteiger partial charge in [-0.1, -0.05) is 66.7 Å². The first-order valence-corrected chi connectivity index (χ1v) is 11.6. The van der Waals surface area contributed by atoms with Crippen LogP contribution in [0.2, 0.25) is 0 Å². The Labute approximate surface area is 213 Å². The minimum atomic E-state index is -1.45. The van der Waals surface area contributed by atoms with Crippen LogP contribution in [-0.2, 0) is 21.6 Å². The molecule has 4 N–H and O–H groups in total. The average molecular weight is 493 g/mol. The number of amidine groups is 1. The summed E-state index contributed by atoms with van der Waals surface area (Å²) in [5.41, 5.74) is 7.00. The molecule has 0 radical (unpaired) electrons. The topological polar surface area (TPSA) is 126 Å². The van der Waals surface area contributed by atoms with E-state index in [0.717, 1.165) is 16.3 Å². The fourth-order valence-corrected chi connectivity index (χ4v) is 4.68. The summed E-state index contributed by atoms with van der Waals surface area (Å²) >= 11 is 0. The number of carbonyl (C=O) groups is 3. The number of nitrogens with two attached hydrogens (primary N) is 1. The molecule has 5 rings (SSSR count). The summed E-state index contributed by atoms with van der Waals surface area (Å²) in [6.07, 6.45) is 0. The summed E-state index contributed by atoms with van der Waals surface area (Å²) in [5, 5.41) is 12.4. The molecule has 4 aromatic carbocycles. The second-order valence-electron chi connectivity index (χ2n) is 8.82. The molecule has 1 aliphatic heterocycles. The summed E-state index contributed by atoms with van der Waals surface area (Å²) in [6, 6.07) is 26.1. The molecule has 1 heterocycles. The number of fused-ring (bicyclic) bond motifs is 1. The number of hydrogen-bond donors (Lipinski definition) is 3. The maximum atomic E-state index is 14.0. The molecule has 37 heavy (non-hydrogen) atoms. The molecule has 184 valence electrons. The first-order chi connectivity index (χ1) is 17.8. The van der Waals surface area contributed by atoms with Crippen LogP contribution in [-0.4, -0.2) is 35.8 Å². The number of imide groups is 1. The van der Waals surface area contributed by atoms with Crippen molar-refractivity contribution in [2.24, 2.45) is 5.73 Å². The number of benzene rings is 4.